The van der Waals surface area contributed by atoms with Crippen LogP contribution in [-0.2, 0) is 9.59 Å². The number of hydrogen-bond donors (Lipinski definition) is 4. The van der Waals surface area contributed by atoms with E-state index in [1.165, 1.54) is 0 Å². The molecular weight excluding hydrogens is 380 g/mol. The SMILES string of the molecule is CCCNC(=O)c1ccc(NCC(=O)Nc2cccc(NC(=O)C3CC3)c2C)cc1. The van der Waals surface area contributed by atoms with Crippen LogP contribution in [0.5, 0.6) is 0 Å². The van der Waals surface area contributed by atoms with Crippen LogP contribution in [0.1, 0.15) is 42.1 Å². The molecule has 0 aliphatic heterocycles. The molecule has 0 aromatic heterocycles. The van der Waals surface area contributed by atoms with Gasteiger partial charge in [-0.15, -0.1) is 0 Å². The molecule has 0 atom stereocenters. The molecule has 3 rings (SSSR count). The maximum Gasteiger partial charge on any atom is 0.251 e. The van der Waals surface area contributed by atoms with Crippen molar-refractivity contribution in [2.24, 2.45) is 5.92 Å². The molecule has 7 nitrogen and oxygen atoms in total. The molecule has 30 heavy (non-hydrogen) atoms. The van der Waals surface area contributed by atoms with Gasteiger partial charge in [0.1, 0.15) is 0 Å². The number of benzene rings is 2. The van der Waals surface area contributed by atoms with Crippen LogP contribution in [0.3, 0.4) is 0 Å². The van der Waals surface area contributed by atoms with Gasteiger partial charge in [-0.3, -0.25) is 14.4 Å². The van der Waals surface area contributed by atoms with Crippen LogP contribution in [0.4, 0.5) is 17.1 Å². The highest BCUT2D eigenvalue weighted by atomic mass is 16.2. The Morgan fingerprint density at radius 1 is 0.967 bits per heavy atom. The molecule has 1 aliphatic rings. The standard InChI is InChI=1S/C23H28N4O3/c1-3-13-24-22(29)16-9-11-18(12-10-16)25-14-21(28)26-19-5-4-6-20(15(19)2)27-23(30)17-7-8-17/h4-6,9-12,17,25H,3,7-8,13-14H2,1-2H3,(H,24,29)(H,26,28)(H,27,30). The Bertz CT molecular complexity index is 921. The molecule has 0 unspecified atom stereocenters. The molecule has 0 heterocycles. The molecule has 0 bridgehead atoms. The third-order valence-electron chi connectivity index (χ3n) is 4.95. The zero-order valence-corrected chi connectivity index (χ0v) is 17.4. The van der Waals surface area contributed by atoms with Gasteiger partial charge in [-0.1, -0.05) is 13.0 Å². The number of hydrogen-bond acceptors (Lipinski definition) is 4. The van der Waals surface area contributed by atoms with Gasteiger partial charge in [0.05, 0.1) is 6.54 Å². The van der Waals surface area contributed by atoms with Crippen molar-refractivity contribution in [1.82, 2.24) is 5.32 Å². The first-order chi connectivity index (χ1) is 14.5. The maximum atomic E-state index is 12.4. The lowest BCUT2D eigenvalue weighted by Crippen LogP contribution is -2.24. The van der Waals surface area contributed by atoms with Crippen LogP contribution in [0, 0.1) is 12.8 Å². The minimum absolute atomic E-state index is 0.0371. The van der Waals surface area contributed by atoms with E-state index >= 15 is 0 Å². The Morgan fingerprint density at radius 3 is 2.27 bits per heavy atom. The average Bonchev–Trinajstić information content (AvgIpc) is 3.59. The summed E-state index contributed by atoms with van der Waals surface area (Å²) in [6.45, 7) is 4.59. The minimum Gasteiger partial charge on any atom is -0.376 e. The Kier molecular flexibility index (Phi) is 7.06. The second-order valence-corrected chi connectivity index (χ2v) is 7.48. The average molecular weight is 409 g/mol. The molecule has 2 aromatic rings. The highest BCUT2D eigenvalue weighted by molar-refractivity contribution is 5.98. The topological polar surface area (TPSA) is 99.3 Å². The largest absolute Gasteiger partial charge is 0.376 e. The quantitative estimate of drug-likeness (QED) is 0.510. The van der Waals surface area contributed by atoms with E-state index in [1.807, 2.05) is 26.0 Å². The Balaban J connectivity index is 1.52. The van der Waals surface area contributed by atoms with Crippen LogP contribution < -0.4 is 21.3 Å². The second-order valence-electron chi connectivity index (χ2n) is 7.48. The first-order valence-corrected chi connectivity index (χ1v) is 10.3. The van der Waals surface area contributed by atoms with Gasteiger partial charge in [-0.05, 0) is 68.1 Å². The lowest BCUT2D eigenvalue weighted by molar-refractivity contribution is -0.117. The normalized spacial score (nSPS) is 12.7. The summed E-state index contributed by atoms with van der Waals surface area (Å²) >= 11 is 0. The van der Waals surface area contributed by atoms with E-state index in [9.17, 15) is 14.4 Å². The molecule has 0 spiro atoms. The first-order valence-electron chi connectivity index (χ1n) is 10.3. The third kappa shape index (κ3) is 5.83. The lowest BCUT2D eigenvalue weighted by atomic mass is 10.1. The van der Waals surface area contributed by atoms with Crippen LogP contribution in [-0.4, -0.2) is 30.8 Å². The fraction of sp³-hybridized carbons (Fsp3) is 0.348. The van der Waals surface area contributed by atoms with E-state index in [0.717, 1.165) is 36.2 Å². The molecule has 3 amide bonds. The fourth-order valence-electron chi connectivity index (χ4n) is 2.94. The smallest absolute Gasteiger partial charge is 0.251 e. The predicted octanol–water partition coefficient (Wildman–Crippen LogP) is 3.53. The van der Waals surface area contributed by atoms with Gasteiger partial charge >= 0.3 is 0 Å². The van der Waals surface area contributed by atoms with Crippen molar-refractivity contribution in [3.8, 4) is 0 Å². The van der Waals surface area contributed by atoms with E-state index in [-0.39, 0.29) is 30.2 Å². The fourth-order valence-corrected chi connectivity index (χ4v) is 2.94. The van der Waals surface area contributed by atoms with Crippen molar-refractivity contribution in [2.75, 3.05) is 29.0 Å². The minimum atomic E-state index is -0.200. The van der Waals surface area contributed by atoms with Crippen LogP contribution in [0.2, 0.25) is 0 Å². The van der Waals surface area contributed by atoms with Gasteiger partial charge < -0.3 is 21.3 Å². The monoisotopic (exact) mass is 408 g/mol. The number of anilines is 3. The summed E-state index contributed by atoms with van der Waals surface area (Å²) < 4.78 is 0. The number of carbonyl (C=O) groups is 3. The van der Waals surface area contributed by atoms with Crippen LogP contribution in [0.15, 0.2) is 42.5 Å². The van der Waals surface area contributed by atoms with Gasteiger partial charge in [0.15, 0.2) is 0 Å². The molecule has 158 valence electrons. The molecule has 2 aromatic carbocycles. The Labute approximate surface area is 176 Å². The number of rotatable bonds is 9. The molecule has 1 aliphatic carbocycles. The van der Waals surface area contributed by atoms with Crippen molar-refractivity contribution >= 4 is 34.8 Å². The van der Waals surface area contributed by atoms with Crippen LogP contribution in [0.25, 0.3) is 0 Å². The van der Waals surface area contributed by atoms with Crippen molar-refractivity contribution < 1.29 is 14.4 Å². The maximum absolute atomic E-state index is 12.4. The highest BCUT2D eigenvalue weighted by Crippen LogP contribution is 2.31. The molecule has 4 N–H and O–H groups in total. The van der Waals surface area contributed by atoms with Gasteiger partial charge in [-0.25, -0.2) is 0 Å². The Morgan fingerprint density at radius 2 is 1.63 bits per heavy atom. The van der Waals surface area contributed by atoms with Gasteiger partial charge in [0, 0.05) is 35.1 Å². The molecule has 0 saturated heterocycles. The van der Waals surface area contributed by atoms with Gasteiger partial charge in [0.25, 0.3) is 5.91 Å². The van der Waals surface area contributed by atoms with Crippen molar-refractivity contribution in [3.63, 3.8) is 0 Å². The number of nitrogens with one attached hydrogen (secondary N) is 4. The van der Waals surface area contributed by atoms with Crippen molar-refractivity contribution in [1.29, 1.82) is 0 Å². The molecule has 1 saturated carbocycles. The van der Waals surface area contributed by atoms with Crippen molar-refractivity contribution in [2.45, 2.75) is 33.1 Å². The molecular formula is C23H28N4O3. The molecule has 1 fully saturated rings. The summed E-state index contributed by atoms with van der Waals surface area (Å²) in [7, 11) is 0. The molecule has 7 heteroatoms. The third-order valence-corrected chi connectivity index (χ3v) is 4.95. The lowest BCUT2D eigenvalue weighted by Gasteiger charge is -2.14. The first kappa shape index (κ1) is 21.4. The summed E-state index contributed by atoms with van der Waals surface area (Å²) in [5, 5.41) is 11.7. The number of amides is 3. The molecule has 0 radical (unpaired) electrons. The van der Waals surface area contributed by atoms with E-state index in [0.29, 0.717) is 17.8 Å². The van der Waals surface area contributed by atoms with Gasteiger partial charge in [-0.2, -0.15) is 0 Å². The zero-order chi connectivity index (χ0) is 21.5. The summed E-state index contributed by atoms with van der Waals surface area (Å²) in [5.41, 5.74) is 3.54. The predicted molar refractivity (Wildman–Crippen MR) is 119 cm³/mol. The van der Waals surface area contributed by atoms with E-state index in [4.69, 9.17) is 0 Å². The second kappa shape index (κ2) is 9.91. The van der Waals surface area contributed by atoms with Crippen molar-refractivity contribution in [3.05, 3.63) is 53.6 Å². The summed E-state index contributed by atoms with van der Waals surface area (Å²) in [6, 6.07) is 12.4. The zero-order valence-electron chi connectivity index (χ0n) is 17.4. The number of carbonyl (C=O) groups excluding carboxylic acids is 3. The Hall–Kier alpha value is -3.35. The van der Waals surface area contributed by atoms with E-state index in [1.54, 1.807) is 30.3 Å². The van der Waals surface area contributed by atoms with Crippen LogP contribution >= 0.6 is 0 Å². The van der Waals surface area contributed by atoms with E-state index in [2.05, 4.69) is 21.3 Å². The van der Waals surface area contributed by atoms with Gasteiger partial charge in [0.2, 0.25) is 11.8 Å². The summed E-state index contributed by atoms with van der Waals surface area (Å²) in [6.07, 6.45) is 2.77. The highest BCUT2D eigenvalue weighted by Gasteiger charge is 2.29. The van der Waals surface area contributed by atoms with E-state index < -0.39 is 0 Å². The summed E-state index contributed by atoms with van der Waals surface area (Å²) in [5.74, 6) is -0.148. The summed E-state index contributed by atoms with van der Waals surface area (Å²) in [4.78, 5) is 36.3.